The second-order valence-corrected chi connectivity index (χ2v) is 10.5. The zero-order chi connectivity index (χ0) is 25.3. The van der Waals surface area contributed by atoms with E-state index in [9.17, 15) is 9.59 Å². The van der Waals surface area contributed by atoms with Gasteiger partial charge in [0, 0.05) is 30.9 Å². The minimum absolute atomic E-state index is 0.185. The van der Waals surface area contributed by atoms with Crippen LogP contribution in [0.5, 0.6) is 0 Å². The lowest BCUT2D eigenvalue weighted by atomic mass is 9.95. The Hall–Kier alpha value is -2.35. The van der Waals surface area contributed by atoms with Crippen LogP contribution in [-0.2, 0) is 9.53 Å². The largest absolute Gasteiger partial charge is 0.465 e. The molecule has 1 amide bonds. The van der Waals surface area contributed by atoms with Crippen LogP contribution in [0.25, 0.3) is 0 Å². The number of hydrogen-bond acceptors (Lipinski definition) is 6. The fraction of sp³-hybridized carbons (Fsp3) is 0.714. The molecule has 36 heavy (non-hydrogen) atoms. The fourth-order valence-corrected chi connectivity index (χ4v) is 5.92. The summed E-state index contributed by atoms with van der Waals surface area (Å²) in [5.74, 6) is -0.862. The minimum atomic E-state index is -0.388. The maximum absolute atomic E-state index is 15.2. The van der Waals surface area contributed by atoms with Crippen molar-refractivity contribution >= 4 is 23.3 Å². The van der Waals surface area contributed by atoms with Gasteiger partial charge in [0.05, 0.1) is 17.9 Å². The highest BCUT2D eigenvalue weighted by atomic mass is 19.1. The Morgan fingerprint density at radius 2 is 1.56 bits per heavy atom. The van der Waals surface area contributed by atoms with Crippen molar-refractivity contribution in [3.63, 3.8) is 0 Å². The molecular weight excluding hydrogens is 459 g/mol. The smallest absolute Gasteiger partial charge is 0.323 e. The van der Waals surface area contributed by atoms with Crippen LogP contribution < -0.4 is 16.0 Å². The van der Waals surface area contributed by atoms with Gasteiger partial charge in [0.15, 0.2) is 0 Å². The van der Waals surface area contributed by atoms with E-state index in [-0.39, 0.29) is 29.8 Å². The number of piperidine rings is 1. The Labute approximate surface area is 214 Å². The highest BCUT2D eigenvalue weighted by Gasteiger charge is 2.29. The third-order valence-corrected chi connectivity index (χ3v) is 7.89. The van der Waals surface area contributed by atoms with E-state index in [4.69, 9.17) is 4.74 Å². The van der Waals surface area contributed by atoms with Gasteiger partial charge in [-0.2, -0.15) is 0 Å². The fourth-order valence-electron chi connectivity index (χ4n) is 5.92. The lowest BCUT2D eigenvalue weighted by Crippen LogP contribution is -2.48. The predicted molar refractivity (Wildman–Crippen MR) is 141 cm³/mol. The van der Waals surface area contributed by atoms with Crippen molar-refractivity contribution in [1.29, 1.82) is 0 Å². The highest BCUT2D eigenvalue weighted by Crippen LogP contribution is 2.31. The van der Waals surface area contributed by atoms with E-state index in [2.05, 4.69) is 20.9 Å². The molecule has 1 aromatic carbocycles. The zero-order valence-corrected chi connectivity index (χ0v) is 21.8. The standard InChI is InChI=1S/C28H43FN4O3/c1-2-36-28(35)26-14-8-9-16-33(26)17-15-30-27(34)22-18-23(29)25(32-21-10-4-3-5-11-21)19-24(22)31-20-12-6-7-13-20/h18-21,26,31-32H,2-17H2,1H3,(H,30,34). The first-order chi connectivity index (χ1) is 17.5. The molecule has 0 radical (unpaired) electrons. The summed E-state index contributed by atoms with van der Waals surface area (Å²) in [6.45, 7) is 3.95. The van der Waals surface area contributed by atoms with Gasteiger partial charge in [-0.3, -0.25) is 14.5 Å². The van der Waals surface area contributed by atoms with Gasteiger partial charge >= 0.3 is 5.97 Å². The average molecular weight is 503 g/mol. The molecule has 2 aliphatic carbocycles. The number of rotatable bonds is 10. The molecule has 1 unspecified atom stereocenters. The summed E-state index contributed by atoms with van der Waals surface area (Å²) in [6.07, 6.45) is 13.0. The molecule has 1 atom stereocenters. The van der Waals surface area contributed by atoms with Crippen LogP contribution in [0.1, 0.15) is 94.3 Å². The van der Waals surface area contributed by atoms with Crippen molar-refractivity contribution in [3.8, 4) is 0 Å². The Kier molecular flexibility index (Phi) is 9.84. The van der Waals surface area contributed by atoms with Crippen LogP contribution >= 0.6 is 0 Å². The van der Waals surface area contributed by atoms with Crippen molar-refractivity contribution < 1.29 is 18.7 Å². The lowest BCUT2D eigenvalue weighted by molar-refractivity contribution is -0.150. The number of esters is 1. The molecule has 0 spiro atoms. The van der Waals surface area contributed by atoms with Crippen LogP contribution in [0.3, 0.4) is 0 Å². The van der Waals surface area contributed by atoms with Crippen molar-refractivity contribution in [2.75, 3.05) is 36.9 Å². The molecule has 1 saturated heterocycles. The molecule has 1 aromatic rings. The number of hydrogen-bond donors (Lipinski definition) is 3. The molecule has 3 aliphatic rings. The Morgan fingerprint density at radius 3 is 2.25 bits per heavy atom. The number of anilines is 2. The number of amides is 1. The third kappa shape index (κ3) is 7.11. The second kappa shape index (κ2) is 13.3. The monoisotopic (exact) mass is 502 g/mol. The van der Waals surface area contributed by atoms with Crippen LogP contribution in [0.15, 0.2) is 12.1 Å². The highest BCUT2D eigenvalue weighted by molar-refractivity contribution is 6.00. The number of carbonyl (C=O) groups excluding carboxylic acids is 2. The summed E-state index contributed by atoms with van der Waals surface area (Å²) in [5, 5.41) is 9.90. The molecule has 3 N–H and O–H groups in total. The van der Waals surface area contributed by atoms with Crippen LogP contribution in [0.2, 0.25) is 0 Å². The van der Waals surface area contributed by atoms with E-state index >= 15 is 4.39 Å². The molecule has 0 bridgehead atoms. The molecule has 7 nitrogen and oxygen atoms in total. The molecule has 200 valence electrons. The summed E-state index contributed by atoms with van der Waals surface area (Å²) in [4.78, 5) is 27.6. The number of nitrogens with zero attached hydrogens (tertiary/aromatic N) is 1. The van der Waals surface area contributed by atoms with Gasteiger partial charge in [-0.15, -0.1) is 0 Å². The van der Waals surface area contributed by atoms with Crippen molar-refractivity contribution in [1.82, 2.24) is 10.2 Å². The minimum Gasteiger partial charge on any atom is -0.465 e. The zero-order valence-electron chi connectivity index (χ0n) is 21.8. The van der Waals surface area contributed by atoms with Gasteiger partial charge in [-0.05, 0) is 64.1 Å². The third-order valence-electron chi connectivity index (χ3n) is 7.89. The number of nitrogens with one attached hydrogen (secondary N) is 3. The number of carbonyl (C=O) groups is 2. The summed E-state index contributed by atoms with van der Waals surface area (Å²) in [7, 11) is 0. The number of likely N-dealkylation sites (tertiary alicyclic amines) is 1. The molecule has 0 aromatic heterocycles. The van der Waals surface area contributed by atoms with Gasteiger partial charge in [0.1, 0.15) is 11.9 Å². The quantitative estimate of drug-likeness (QED) is 0.388. The summed E-state index contributed by atoms with van der Waals surface area (Å²) in [5.41, 5.74) is 1.51. The van der Waals surface area contributed by atoms with Gasteiger partial charge in [0.25, 0.3) is 5.91 Å². The van der Waals surface area contributed by atoms with Crippen LogP contribution in [0, 0.1) is 5.82 Å². The van der Waals surface area contributed by atoms with Crippen LogP contribution in [-0.4, -0.2) is 61.1 Å². The van der Waals surface area contributed by atoms with Gasteiger partial charge < -0.3 is 20.7 Å². The molecule has 1 aliphatic heterocycles. The van der Waals surface area contributed by atoms with E-state index < -0.39 is 0 Å². The van der Waals surface area contributed by atoms with Crippen LogP contribution in [0.4, 0.5) is 15.8 Å². The molecule has 8 heteroatoms. The first-order valence-electron chi connectivity index (χ1n) is 14.1. The van der Waals surface area contributed by atoms with E-state index in [0.717, 1.165) is 51.5 Å². The first kappa shape index (κ1) is 26.7. The maximum atomic E-state index is 15.2. The van der Waals surface area contributed by atoms with Crippen molar-refractivity contribution in [2.24, 2.45) is 0 Å². The van der Waals surface area contributed by atoms with E-state index in [0.29, 0.717) is 42.7 Å². The van der Waals surface area contributed by atoms with Gasteiger partial charge in [-0.1, -0.05) is 38.5 Å². The maximum Gasteiger partial charge on any atom is 0.323 e. The predicted octanol–water partition coefficient (Wildman–Crippen LogP) is 5.07. The Morgan fingerprint density at radius 1 is 0.917 bits per heavy atom. The summed E-state index contributed by atoms with van der Waals surface area (Å²) >= 11 is 0. The number of halogens is 1. The van der Waals surface area contributed by atoms with E-state index in [1.807, 2.05) is 6.92 Å². The Bertz CT molecular complexity index is 884. The molecule has 4 rings (SSSR count). The Balaban J connectivity index is 1.42. The van der Waals surface area contributed by atoms with E-state index in [1.165, 1.54) is 38.2 Å². The molecule has 1 heterocycles. The normalized spacial score (nSPS) is 21.8. The SMILES string of the molecule is CCOC(=O)C1CCCCN1CCNC(=O)c1cc(F)c(NC2CCCCC2)cc1NC1CCCC1. The second-order valence-electron chi connectivity index (χ2n) is 10.5. The van der Waals surface area contributed by atoms with E-state index in [1.54, 1.807) is 6.07 Å². The van der Waals surface area contributed by atoms with Crippen molar-refractivity contribution in [3.05, 3.63) is 23.5 Å². The van der Waals surface area contributed by atoms with Crippen molar-refractivity contribution in [2.45, 2.75) is 102 Å². The molecular formula is C28H43FN4O3. The number of benzene rings is 1. The molecule has 2 saturated carbocycles. The summed E-state index contributed by atoms with van der Waals surface area (Å²) in [6, 6.07) is 3.50. The molecule has 3 fully saturated rings. The summed E-state index contributed by atoms with van der Waals surface area (Å²) < 4.78 is 20.4. The topological polar surface area (TPSA) is 82.7 Å². The number of ether oxygens (including phenoxy) is 1. The van der Waals surface area contributed by atoms with Gasteiger partial charge in [-0.25, -0.2) is 4.39 Å². The van der Waals surface area contributed by atoms with Gasteiger partial charge in [0.2, 0.25) is 0 Å². The average Bonchev–Trinajstić information content (AvgIpc) is 3.40. The first-order valence-corrected chi connectivity index (χ1v) is 14.1. The lowest BCUT2D eigenvalue weighted by Gasteiger charge is -2.33.